The van der Waals surface area contributed by atoms with Crippen molar-refractivity contribution in [2.45, 2.75) is 0 Å². The van der Waals surface area contributed by atoms with Crippen LogP contribution in [-0.4, -0.2) is 0 Å². The highest BCUT2D eigenvalue weighted by Gasteiger charge is 2.24. The fourth-order valence-electron chi connectivity index (χ4n) is 9.53. The smallest absolute Gasteiger partial charge is 0.0619 e. The van der Waals surface area contributed by atoms with Gasteiger partial charge in [0.2, 0.25) is 0 Å². The van der Waals surface area contributed by atoms with Crippen LogP contribution in [0.25, 0.3) is 98.0 Å². The van der Waals surface area contributed by atoms with Crippen molar-refractivity contribution in [3.05, 3.63) is 236 Å². The Kier molecular flexibility index (Phi) is 8.76. The standard InChI is InChI=1S/C60H39NS/c1-3-13-40(14-4-1)25-26-41-27-33-48(34-28-41)61(54-36-32-45-30-29-43-17-11-18-44-31-35-53(54)59(45)57(43)44)60-51-23-9-7-21-49(51)58(50-22-8-10-24-52(50)60)47-20-12-19-46(39-47)56-38-37-55(62-56)42-15-5-2-6-16-42/h1-39H. The zero-order chi connectivity index (χ0) is 41.0. The van der Waals surface area contributed by atoms with E-state index in [1.54, 1.807) is 0 Å². The van der Waals surface area contributed by atoms with E-state index in [2.05, 4.69) is 242 Å². The molecule has 1 nitrogen and oxygen atoms in total. The molecule has 0 unspecified atom stereocenters. The van der Waals surface area contributed by atoms with Crippen molar-refractivity contribution in [3.8, 4) is 32.0 Å². The highest BCUT2D eigenvalue weighted by Crippen LogP contribution is 2.51. The number of anilines is 3. The Morgan fingerprint density at radius 2 is 0.855 bits per heavy atom. The predicted molar refractivity (Wildman–Crippen MR) is 269 cm³/mol. The lowest BCUT2D eigenvalue weighted by atomic mass is 9.88. The van der Waals surface area contributed by atoms with Crippen LogP contribution in [0.4, 0.5) is 17.1 Å². The van der Waals surface area contributed by atoms with E-state index in [0.717, 1.165) is 16.9 Å². The largest absolute Gasteiger partial charge is 0.309 e. The summed E-state index contributed by atoms with van der Waals surface area (Å²) in [5.74, 6) is 0. The van der Waals surface area contributed by atoms with E-state index < -0.39 is 0 Å². The van der Waals surface area contributed by atoms with E-state index >= 15 is 0 Å². The van der Waals surface area contributed by atoms with Gasteiger partial charge in [-0.25, -0.2) is 0 Å². The van der Waals surface area contributed by atoms with Gasteiger partial charge in [-0.3, -0.25) is 0 Å². The van der Waals surface area contributed by atoms with Crippen LogP contribution in [0.1, 0.15) is 11.1 Å². The van der Waals surface area contributed by atoms with Gasteiger partial charge in [0.25, 0.3) is 0 Å². The molecule has 0 aliphatic carbocycles. The van der Waals surface area contributed by atoms with Crippen molar-refractivity contribution in [1.29, 1.82) is 0 Å². The van der Waals surface area contributed by atoms with Gasteiger partial charge in [-0.2, -0.15) is 0 Å². The Morgan fingerprint density at radius 3 is 1.55 bits per heavy atom. The highest BCUT2D eigenvalue weighted by atomic mass is 32.1. The molecule has 12 aromatic rings. The van der Waals surface area contributed by atoms with Gasteiger partial charge in [0.1, 0.15) is 0 Å². The molecule has 2 heteroatoms. The molecule has 0 aliphatic heterocycles. The molecule has 0 atom stereocenters. The first-order chi connectivity index (χ1) is 30.7. The molecule has 0 amide bonds. The minimum Gasteiger partial charge on any atom is -0.309 e. The van der Waals surface area contributed by atoms with E-state index in [0.29, 0.717) is 0 Å². The number of benzene rings is 11. The first-order valence-electron chi connectivity index (χ1n) is 21.2. The van der Waals surface area contributed by atoms with Crippen molar-refractivity contribution in [1.82, 2.24) is 0 Å². The van der Waals surface area contributed by atoms with Gasteiger partial charge in [-0.1, -0.05) is 200 Å². The third kappa shape index (κ3) is 6.15. The summed E-state index contributed by atoms with van der Waals surface area (Å²) >= 11 is 1.85. The van der Waals surface area contributed by atoms with Gasteiger partial charge in [0.15, 0.2) is 0 Å². The molecule has 0 spiro atoms. The van der Waals surface area contributed by atoms with E-state index in [4.69, 9.17) is 0 Å². The van der Waals surface area contributed by atoms with Crippen LogP contribution in [0.3, 0.4) is 0 Å². The zero-order valence-corrected chi connectivity index (χ0v) is 34.7. The Labute approximate surface area is 365 Å². The van der Waals surface area contributed by atoms with Gasteiger partial charge < -0.3 is 4.90 Å². The summed E-state index contributed by atoms with van der Waals surface area (Å²) in [5.41, 5.74) is 10.7. The van der Waals surface area contributed by atoms with E-state index in [1.807, 2.05) is 11.3 Å². The lowest BCUT2D eigenvalue weighted by Crippen LogP contribution is -2.12. The summed E-state index contributed by atoms with van der Waals surface area (Å²) in [6.45, 7) is 0. The Morgan fingerprint density at radius 1 is 0.339 bits per heavy atom. The number of thiophene rings is 1. The Hall–Kier alpha value is -7.78. The lowest BCUT2D eigenvalue weighted by molar-refractivity contribution is 1.33. The van der Waals surface area contributed by atoms with Gasteiger partial charge >= 0.3 is 0 Å². The van der Waals surface area contributed by atoms with Crippen LogP contribution < -0.4 is 4.90 Å². The number of hydrogen-bond donors (Lipinski definition) is 0. The van der Waals surface area contributed by atoms with Crippen LogP contribution >= 0.6 is 11.3 Å². The fourth-order valence-corrected chi connectivity index (χ4v) is 10.5. The van der Waals surface area contributed by atoms with Gasteiger partial charge in [0.05, 0.1) is 11.4 Å². The molecule has 290 valence electrons. The molecule has 0 saturated carbocycles. The van der Waals surface area contributed by atoms with Gasteiger partial charge in [-0.15, -0.1) is 11.3 Å². The Bertz CT molecular complexity index is 3550. The van der Waals surface area contributed by atoms with Crippen molar-refractivity contribution < 1.29 is 0 Å². The number of hydrogen-bond acceptors (Lipinski definition) is 2. The zero-order valence-electron chi connectivity index (χ0n) is 33.9. The van der Waals surface area contributed by atoms with Crippen molar-refractivity contribution in [3.63, 3.8) is 0 Å². The summed E-state index contributed by atoms with van der Waals surface area (Å²) in [6.07, 6.45) is 4.38. The maximum Gasteiger partial charge on any atom is 0.0619 e. The molecule has 0 bridgehead atoms. The Balaban J connectivity index is 1.09. The lowest BCUT2D eigenvalue weighted by Gasteiger charge is -2.31. The molecule has 0 radical (unpaired) electrons. The molecular formula is C60H39NS. The second-order valence-corrected chi connectivity index (χ2v) is 17.1. The SMILES string of the molecule is C(=Cc1ccc(N(c2c3ccccc3c(-c3cccc(-c4ccc(-c5ccccc5)s4)c3)c3ccccc23)c2ccc3ccc4cccc5ccc2c3c45)cc1)c1ccccc1. The quantitative estimate of drug-likeness (QED) is 0.0840. The van der Waals surface area contributed by atoms with E-state index in [-0.39, 0.29) is 0 Å². The summed E-state index contributed by atoms with van der Waals surface area (Å²) in [4.78, 5) is 5.06. The van der Waals surface area contributed by atoms with Crippen molar-refractivity contribution in [2.75, 3.05) is 4.90 Å². The van der Waals surface area contributed by atoms with Gasteiger partial charge in [0, 0.05) is 31.6 Å². The van der Waals surface area contributed by atoms with E-state index in [9.17, 15) is 0 Å². The van der Waals surface area contributed by atoms with Crippen LogP contribution in [0.5, 0.6) is 0 Å². The summed E-state index contributed by atoms with van der Waals surface area (Å²) in [7, 11) is 0. The van der Waals surface area contributed by atoms with Crippen LogP contribution in [0.15, 0.2) is 224 Å². The molecule has 0 fully saturated rings. The van der Waals surface area contributed by atoms with Crippen molar-refractivity contribution >= 4 is 94.4 Å². The first-order valence-corrected chi connectivity index (χ1v) is 22.1. The number of nitrogens with zero attached hydrogens (tertiary/aromatic N) is 1. The topological polar surface area (TPSA) is 3.24 Å². The molecule has 1 heterocycles. The van der Waals surface area contributed by atoms with Crippen LogP contribution in [-0.2, 0) is 0 Å². The number of fused-ring (bicyclic) bond motifs is 2. The predicted octanol–water partition coefficient (Wildman–Crippen LogP) is 17.6. The van der Waals surface area contributed by atoms with Crippen LogP contribution in [0.2, 0.25) is 0 Å². The molecule has 0 N–H and O–H groups in total. The molecule has 11 aromatic carbocycles. The third-order valence-electron chi connectivity index (χ3n) is 12.4. The normalized spacial score (nSPS) is 11.8. The summed E-state index contributed by atoms with van der Waals surface area (Å²) in [6, 6.07) is 82.4. The average molecular weight is 806 g/mol. The second kappa shape index (κ2) is 15.0. The molecular weight excluding hydrogens is 767 g/mol. The molecule has 0 saturated heterocycles. The van der Waals surface area contributed by atoms with Gasteiger partial charge in [-0.05, 0) is 107 Å². The molecule has 12 rings (SSSR count). The molecule has 62 heavy (non-hydrogen) atoms. The highest BCUT2D eigenvalue weighted by molar-refractivity contribution is 7.18. The maximum absolute atomic E-state index is 2.53. The minimum atomic E-state index is 1.11. The average Bonchev–Trinajstić information content (AvgIpc) is 3.85. The monoisotopic (exact) mass is 805 g/mol. The van der Waals surface area contributed by atoms with E-state index in [1.165, 1.54) is 97.1 Å². The third-order valence-corrected chi connectivity index (χ3v) is 13.6. The summed E-state index contributed by atoms with van der Waals surface area (Å²) in [5, 5.41) is 12.5. The summed E-state index contributed by atoms with van der Waals surface area (Å²) < 4.78 is 0. The van der Waals surface area contributed by atoms with Crippen LogP contribution in [0, 0.1) is 0 Å². The molecule has 0 aliphatic rings. The minimum absolute atomic E-state index is 1.11. The first kappa shape index (κ1) is 36.1. The number of rotatable bonds is 8. The molecule has 1 aromatic heterocycles. The maximum atomic E-state index is 2.53. The fraction of sp³-hybridized carbons (Fsp3) is 0. The second-order valence-electron chi connectivity index (χ2n) is 16.0. The van der Waals surface area contributed by atoms with Crippen molar-refractivity contribution in [2.24, 2.45) is 0 Å².